The van der Waals surface area contributed by atoms with E-state index in [1.54, 1.807) is 0 Å². The van der Waals surface area contributed by atoms with Gasteiger partial charge in [0.1, 0.15) is 23.3 Å². The van der Waals surface area contributed by atoms with Crippen LogP contribution in [0.2, 0.25) is 0 Å². The van der Waals surface area contributed by atoms with Crippen molar-refractivity contribution in [3.05, 3.63) is 495 Å². The number of fused-ring (bicyclic) bond motifs is 24. The lowest BCUT2D eigenvalue weighted by molar-refractivity contribution is 1.11. The molecule has 682 valence electrons. The third-order valence-electron chi connectivity index (χ3n) is 30.9. The smallest absolute Gasteiger partial charge is 0.104 e. The van der Waals surface area contributed by atoms with Crippen LogP contribution in [0.25, 0.3) is 276 Å². The maximum atomic E-state index is 12.8. The Morgan fingerprint density at radius 1 is 0.122 bits per heavy atom. The van der Waals surface area contributed by atoms with Gasteiger partial charge in [-0.2, -0.15) is 21.0 Å². The highest BCUT2D eigenvalue weighted by Crippen LogP contribution is 2.50. The second-order valence-corrected chi connectivity index (χ2v) is 38.7. The van der Waals surface area contributed by atoms with Crippen LogP contribution in [0.1, 0.15) is 22.3 Å². The minimum Gasteiger partial charge on any atom is -0.309 e. The number of para-hydroxylation sites is 8. The Morgan fingerprint density at radius 2 is 0.331 bits per heavy atom. The van der Waals surface area contributed by atoms with E-state index in [1.807, 2.05) is 48.5 Å². The first kappa shape index (κ1) is 83.0. The van der Waals surface area contributed by atoms with Crippen molar-refractivity contribution in [3.63, 3.8) is 0 Å². The molecule has 0 atom stereocenters. The Balaban J connectivity index is 0.624. The van der Waals surface area contributed by atoms with Gasteiger partial charge in [0.15, 0.2) is 0 Å². The topological polar surface area (TPSA) is 135 Å². The van der Waals surface area contributed by atoms with Crippen molar-refractivity contribution >= 4 is 174 Å². The van der Waals surface area contributed by atoms with Crippen molar-refractivity contribution in [3.8, 4) is 125 Å². The molecule has 8 aromatic heterocycles. The lowest BCUT2D eigenvalue weighted by Gasteiger charge is -2.19. The van der Waals surface area contributed by atoms with Gasteiger partial charge in [-0.1, -0.05) is 267 Å². The minimum atomic E-state index is 0.452. The first-order chi connectivity index (χ1) is 73.2. The Morgan fingerprint density at radius 3 is 0.628 bits per heavy atom. The molecule has 0 saturated heterocycles. The molecule has 0 aliphatic heterocycles. The maximum Gasteiger partial charge on any atom is 0.104 e. The van der Waals surface area contributed by atoms with Crippen LogP contribution in [0.4, 0.5) is 0 Å². The molecule has 0 aliphatic rings. The van der Waals surface area contributed by atoms with E-state index in [0.717, 1.165) is 231 Å². The summed E-state index contributed by atoms with van der Waals surface area (Å²) in [5, 5.41) is 63.7. The predicted molar refractivity (Wildman–Crippen MR) is 607 cm³/mol. The Kier molecular flexibility index (Phi) is 18.2. The molecule has 148 heavy (non-hydrogen) atoms. The molecule has 0 aliphatic carbocycles. The molecule has 12 heteroatoms. The fourth-order valence-corrected chi connectivity index (χ4v) is 24.4. The molecule has 8 heterocycles. The van der Waals surface area contributed by atoms with Crippen LogP contribution < -0.4 is 0 Å². The quantitative estimate of drug-likeness (QED) is 0.114. The molecule has 0 saturated carbocycles. The molecule has 0 amide bonds. The average molecular weight is 1880 g/mol. The van der Waals surface area contributed by atoms with Crippen molar-refractivity contribution < 1.29 is 0 Å². The molecule has 30 aromatic rings. The van der Waals surface area contributed by atoms with E-state index in [0.29, 0.717) is 45.0 Å². The van der Waals surface area contributed by atoms with Gasteiger partial charge in [-0.3, -0.25) is 0 Å². The van der Waals surface area contributed by atoms with Crippen LogP contribution >= 0.6 is 0 Å². The van der Waals surface area contributed by atoms with Crippen molar-refractivity contribution in [1.29, 1.82) is 21.0 Å². The highest BCUT2D eigenvalue weighted by Gasteiger charge is 2.31. The third kappa shape index (κ3) is 12.4. The van der Waals surface area contributed by atoms with E-state index in [-0.39, 0.29) is 0 Å². The number of benzene rings is 22. The summed E-state index contributed by atoms with van der Waals surface area (Å²) < 4.78 is 18.8. The van der Waals surface area contributed by atoms with Crippen molar-refractivity contribution in [2.45, 2.75) is 0 Å². The van der Waals surface area contributed by atoms with Crippen LogP contribution in [-0.4, -0.2) is 36.5 Å². The van der Waals surface area contributed by atoms with E-state index < -0.39 is 0 Å². The number of hydrogen-bond acceptors (Lipinski definition) is 4. The zero-order valence-electron chi connectivity index (χ0n) is 79.4. The number of hydrogen-bond donors (Lipinski definition) is 0. The highest BCUT2D eigenvalue weighted by molar-refractivity contribution is 6.20. The minimum absolute atomic E-state index is 0.452. The molecule has 0 radical (unpaired) electrons. The second-order valence-electron chi connectivity index (χ2n) is 38.7. The third-order valence-corrected chi connectivity index (χ3v) is 30.9. The average Bonchev–Trinajstić information content (AvgIpc) is 1.57. The van der Waals surface area contributed by atoms with Crippen LogP contribution in [0.3, 0.4) is 0 Å². The predicted octanol–water partition coefficient (Wildman–Crippen LogP) is 34.3. The number of nitriles is 4. The lowest BCUT2D eigenvalue weighted by atomic mass is 9.98. The highest BCUT2D eigenvalue weighted by atomic mass is 15.1. The van der Waals surface area contributed by atoms with E-state index in [2.05, 4.69) is 485 Å². The molecular weight excluding hydrogens is 1800 g/mol. The van der Waals surface area contributed by atoms with Crippen LogP contribution in [0.5, 0.6) is 0 Å². The molecule has 0 spiro atoms. The number of aromatic nitrogens is 8. The molecular formula is C136H78N12. The molecule has 0 unspecified atom stereocenters. The Labute approximate surface area is 846 Å². The monoisotopic (exact) mass is 1880 g/mol. The molecule has 0 fully saturated rings. The summed E-state index contributed by atoms with van der Waals surface area (Å²) in [5.41, 5.74) is 34.3. The fourth-order valence-electron chi connectivity index (χ4n) is 24.4. The number of rotatable bonds is 13. The number of nitrogens with zero attached hydrogens (tertiary/aromatic N) is 12. The van der Waals surface area contributed by atoms with Gasteiger partial charge in [-0.05, 0) is 262 Å². The zero-order chi connectivity index (χ0) is 97.8. The summed E-state index contributed by atoms with van der Waals surface area (Å²) in [5.74, 6) is 0. The van der Waals surface area contributed by atoms with Crippen molar-refractivity contribution in [1.82, 2.24) is 36.5 Å². The maximum absolute atomic E-state index is 12.8. The van der Waals surface area contributed by atoms with Gasteiger partial charge in [0.25, 0.3) is 0 Å². The van der Waals surface area contributed by atoms with E-state index in [1.165, 1.54) is 21.5 Å². The normalized spacial score (nSPS) is 11.9. The summed E-state index contributed by atoms with van der Waals surface area (Å²) in [4.78, 5) is 0. The van der Waals surface area contributed by atoms with Gasteiger partial charge in [0.05, 0.1) is 134 Å². The summed E-state index contributed by atoms with van der Waals surface area (Å²) in [6.45, 7) is 0. The van der Waals surface area contributed by atoms with Gasteiger partial charge in [0.2, 0.25) is 0 Å². The molecule has 12 nitrogen and oxygen atoms in total. The van der Waals surface area contributed by atoms with Crippen LogP contribution in [0.15, 0.2) is 473 Å². The summed E-state index contributed by atoms with van der Waals surface area (Å²) in [6, 6.07) is 179. The second kappa shape index (κ2) is 32.4. The summed E-state index contributed by atoms with van der Waals surface area (Å²) in [6.07, 6.45) is 0. The van der Waals surface area contributed by atoms with Gasteiger partial charge in [0, 0.05) is 109 Å². The zero-order valence-corrected chi connectivity index (χ0v) is 79.4. The first-order valence-corrected chi connectivity index (χ1v) is 49.8. The van der Waals surface area contributed by atoms with Gasteiger partial charge in [-0.15, -0.1) is 0 Å². The van der Waals surface area contributed by atoms with E-state index in [4.69, 9.17) is 0 Å². The van der Waals surface area contributed by atoms with Crippen molar-refractivity contribution in [2.24, 2.45) is 0 Å². The Bertz CT molecular complexity index is 10900. The SMILES string of the molecule is N#Cc1cccc(-c2cc(-n3c4ccc(-n5c6ccccc6c6ccccc65)cc4c4cc(-n5c6ccccc6c6ccccc65)ccc43)c(C#N)c(-n3c4ccc(-n5c6ccccc6c6ccccc65)cc4c4cc(-n5c6ccccc6c6cc(-c7ccc8c(c7)c7ccc(-c9ccccc9)cc7n8-c7cc(-c8cccc(C#N)c8)cc(-n8c9ccccc9c9ccc(-c%10ccccc%10)cc98)c7C#N)ccc65)ccc43)c2)c1. The van der Waals surface area contributed by atoms with Gasteiger partial charge in [-0.25, -0.2) is 0 Å². The van der Waals surface area contributed by atoms with Crippen LogP contribution in [0, 0.1) is 45.3 Å². The molecule has 0 bridgehead atoms. The van der Waals surface area contributed by atoms with Gasteiger partial charge < -0.3 is 36.5 Å². The standard InChI is InChI=1S/C136H78N12/c137-79-83-25-23-31-87(65-83)93-71-133(145-127-61-53-95(141-117-41-15-7-33-99(117)100-34-8-16-42-118(100)141)75-111(127)112-76-96(54-62-128(112)145)142-119-43-17-9-35-101(119)102-36-10-18-44-120(102)142)115(81-139)134(72-93)146-129-63-55-97(143-121-45-19-11-37-103(121)104-38-12-20-46-122(104)143)77-113(129)114-78-98(56-64-130(114)146)144-123-47-21-14-40-106(123)109-67-89(51-59-125(109)144)90-52-60-126-110(68-90)108-58-50-92(86-29-5-2-6-30-86)70-132(108)148(126)136-74-94(88-32-24-26-84(66-88)80-138)73-135(116(136)82-140)147-124-48-22-13-39-105(124)107-57-49-91(69-131(107)147)85-27-3-1-4-28-85/h1-78H. The van der Waals surface area contributed by atoms with E-state index >= 15 is 0 Å². The van der Waals surface area contributed by atoms with E-state index in [9.17, 15) is 21.0 Å². The summed E-state index contributed by atoms with van der Waals surface area (Å²) >= 11 is 0. The fraction of sp³-hybridized carbons (Fsp3) is 0. The largest absolute Gasteiger partial charge is 0.309 e. The molecule has 30 rings (SSSR count). The molecule has 0 N–H and O–H groups in total. The first-order valence-electron chi connectivity index (χ1n) is 49.8. The summed E-state index contributed by atoms with van der Waals surface area (Å²) in [7, 11) is 0. The van der Waals surface area contributed by atoms with Gasteiger partial charge >= 0.3 is 0 Å². The van der Waals surface area contributed by atoms with Crippen molar-refractivity contribution in [2.75, 3.05) is 0 Å². The van der Waals surface area contributed by atoms with Crippen LogP contribution in [-0.2, 0) is 0 Å². The lowest BCUT2D eigenvalue weighted by Crippen LogP contribution is -2.05. The molecule has 22 aromatic carbocycles. The Hall–Kier alpha value is -20.8.